The van der Waals surface area contributed by atoms with Crippen LogP contribution in [-0.4, -0.2) is 21.8 Å². The van der Waals surface area contributed by atoms with E-state index in [1.807, 2.05) is 36.5 Å². The molecule has 1 aromatic heterocycles. The minimum absolute atomic E-state index is 0.0198. The molecule has 1 aliphatic carbocycles. The fourth-order valence-electron chi connectivity index (χ4n) is 3.03. The Kier molecular flexibility index (Phi) is 3.97. The van der Waals surface area contributed by atoms with Crippen molar-refractivity contribution in [1.29, 1.82) is 0 Å². The summed E-state index contributed by atoms with van der Waals surface area (Å²) < 4.78 is 0. The number of aromatic nitrogens is 2. The fourth-order valence-corrected chi connectivity index (χ4v) is 3.10. The van der Waals surface area contributed by atoms with Gasteiger partial charge in [-0.3, -0.25) is 4.79 Å². The lowest BCUT2D eigenvalue weighted by Gasteiger charge is -2.28. The summed E-state index contributed by atoms with van der Waals surface area (Å²) in [7, 11) is 0. The van der Waals surface area contributed by atoms with Gasteiger partial charge in [0.15, 0.2) is 0 Å². The van der Waals surface area contributed by atoms with Crippen molar-refractivity contribution in [3.63, 3.8) is 0 Å². The average molecular weight is 304 g/mol. The molecule has 0 atom stereocenters. The van der Waals surface area contributed by atoms with Crippen molar-refractivity contribution in [3.05, 3.63) is 42.4 Å². The van der Waals surface area contributed by atoms with Crippen molar-refractivity contribution in [2.75, 3.05) is 5.88 Å². The van der Waals surface area contributed by atoms with Crippen LogP contribution < -0.4 is 5.32 Å². The maximum atomic E-state index is 11.7. The van der Waals surface area contributed by atoms with E-state index in [9.17, 15) is 4.79 Å². The maximum Gasteiger partial charge on any atom is 0.235 e. The van der Waals surface area contributed by atoms with Crippen molar-refractivity contribution < 1.29 is 4.79 Å². The zero-order valence-corrected chi connectivity index (χ0v) is 12.5. The standard InChI is InChI=1S/C16H18ClN3O/c17-10-14(21)20-16(8-4-5-9-16)15-18-11-13(19-15)12-6-2-1-3-7-12/h1-3,6-7,11H,4-5,8-10H2,(H,18,19)(H,20,21). The van der Waals surface area contributed by atoms with Crippen LogP contribution in [0.5, 0.6) is 0 Å². The van der Waals surface area contributed by atoms with Crippen LogP contribution in [0.3, 0.4) is 0 Å². The van der Waals surface area contributed by atoms with E-state index in [0.717, 1.165) is 42.8 Å². The molecule has 1 amide bonds. The number of nitrogens with zero attached hydrogens (tertiary/aromatic N) is 1. The maximum absolute atomic E-state index is 11.7. The van der Waals surface area contributed by atoms with Gasteiger partial charge in [0, 0.05) is 0 Å². The van der Waals surface area contributed by atoms with Crippen LogP contribution in [-0.2, 0) is 10.3 Å². The van der Waals surface area contributed by atoms with E-state index in [0.29, 0.717) is 0 Å². The molecule has 3 rings (SSSR count). The first-order valence-electron chi connectivity index (χ1n) is 7.21. The number of carbonyl (C=O) groups excluding carboxylic acids is 1. The van der Waals surface area contributed by atoms with Gasteiger partial charge in [0.1, 0.15) is 11.7 Å². The molecule has 1 saturated carbocycles. The van der Waals surface area contributed by atoms with Gasteiger partial charge in [-0.25, -0.2) is 4.98 Å². The molecule has 0 spiro atoms. The van der Waals surface area contributed by atoms with E-state index in [-0.39, 0.29) is 17.3 Å². The third kappa shape index (κ3) is 2.81. The Morgan fingerprint density at radius 1 is 1.29 bits per heavy atom. The van der Waals surface area contributed by atoms with E-state index in [4.69, 9.17) is 11.6 Å². The summed E-state index contributed by atoms with van der Waals surface area (Å²) in [6, 6.07) is 10.1. The topological polar surface area (TPSA) is 57.8 Å². The summed E-state index contributed by atoms with van der Waals surface area (Å²) in [5.74, 6) is 0.669. The largest absolute Gasteiger partial charge is 0.342 e. The number of halogens is 1. The molecule has 0 unspecified atom stereocenters. The molecule has 2 aromatic rings. The van der Waals surface area contributed by atoms with Gasteiger partial charge in [-0.15, -0.1) is 11.6 Å². The molecular weight excluding hydrogens is 286 g/mol. The molecular formula is C16H18ClN3O. The summed E-state index contributed by atoms with van der Waals surface area (Å²) >= 11 is 5.64. The summed E-state index contributed by atoms with van der Waals surface area (Å²) in [6.45, 7) is 0. The first-order chi connectivity index (χ1) is 10.2. The van der Waals surface area contributed by atoms with Crippen LogP contribution >= 0.6 is 11.6 Å². The molecule has 0 saturated heterocycles. The first kappa shape index (κ1) is 14.1. The Hall–Kier alpha value is -1.81. The SMILES string of the molecule is O=C(CCl)NC1(c2ncc(-c3ccccc3)[nH]2)CCCC1. The normalized spacial score (nSPS) is 16.8. The predicted octanol–water partition coefficient (Wildman–Crippen LogP) is 3.20. The van der Waals surface area contributed by atoms with Crippen LogP contribution in [0, 0.1) is 0 Å². The molecule has 1 fully saturated rings. The summed E-state index contributed by atoms with van der Waals surface area (Å²) in [4.78, 5) is 19.6. The van der Waals surface area contributed by atoms with E-state index in [2.05, 4.69) is 15.3 Å². The quantitative estimate of drug-likeness (QED) is 0.852. The number of nitrogens with one attached hydrogen (secondary N) is 2. The molecule has 0 aliphatic heterocycles. The number of hydrogen-bond donors (Lipinski definition) is 2. The third-order valence-corrected chi connectivity index (χ3v) is 4.31. The van der Waals surface area contributed by atoms with Gasteiger partial charge in [-0.05, 0) is 18.4 Å². The van der Waals surface area contributed by atoms with Crippen LogP contribution in [0.1, 0.15) is 31.5 Å². The molecule has 4 nitrogen and oxygen atoms in total. The molecule has 2 N–H and O–H groups in total. The molecule has 0 bridgehead atoms. The summed E-state index contributed by atoms with van der Waals surface area (Å²) in [6.07, 6.45) is 5.81. The molecule has 21 heavy (non-hydrogen) atoms. The highest BCUT2D eigenvalue weighted by atomic mass is 35.5. The van der Waals surface area contributed by atoms with Crippen LogP contribution in [0.4, 0.5) is 0 Å². The van der Waals surface area contributed by atoms with Crippen molar-refractivity contribution >= 4 is 17.5 Å². The molecule has 0 radical (unpaired) electrons. The van der Waals surface area contributed by atoms with Crippen LogP contribution in [0.15, 0.2) is 36.5 Å². The predicted molar refractivity (Wildman–Crippen MR) is 83.0 cm³/mol. The molecule has 1 heterocycles. The van der Waals surface area contributed by atoms with E-state index >= 15 is 0 Å². The number of H-pyrrole nitrogens is 1. The Morgan fingerprint density at radius 3 is 2.67 bits per heavy atom. The lowest BCUT2D eigenvalue weighted by atomic mass is 9.96. The second-order valence-electron chi connectivity index (χ2n) is 5.48. The number of alkyl halides is 1. The molecule has 5 heteroatoms. The Bertz CT molecular complexity index is 617. The van der Waals surface area contributed by atoms with Crippen LogP contribution in [0.25, 0.3) is 11.3 Å². The molecule has 110 valence electrons. The first-order valence-corrected chi connectivity index (χ1v) is 7.75. The van der Waals surface area contributed by atoms with E-state index in [1.165, 1.54) is 0 Å². The number of aromatic amines is 1. The molecule has 1 aliphatic rings. The van der Waals surface area contributed by atoms with Gasteiger partial charge in [0.05, 0.1) is 17.4 Å². The van der Waals surface area contributed by atoms with Crippen LogP contribution in [0.2, 0.25) is 0 Å². The smallest absolute Gasteiger partial charge is 0.235 e. The number of amides is 1. The number of hydrogen-bond acceptors (Lipinski definition) is 2. The van der Waals surface area contributed by atoms with Gasteiger partial charge in [0.25, 0.3) is 0 Å². The lowest BCUT2D eigenvalue weighted by molar-refractivity contribution is -0.120. The van der Waals surface area contributed by atoms with Crippen molar-refractivity contribution in [3.8, 4) is 11.3 Å². The third-order valence-electron chi connectivity index (χ3n) is 4.07. The number of benzene rings is 1. The Labute approximate surface area is 128 Å². The van der Waals surface area contributed by atoms with E-state index < -0.39 is 0 Å². The highest BCUT2D eigenvalue weighted by molar-refractivity contribution is 6.27. The van der Waals surface area contributed by atoms with Crippen molar-refractivity contribution in [2.45, 2.75) is 31.2 Å². The Balaban J connectivity index is 1.91. The van der Waals surface area contributed by atoms with Gasteiger partial charge < -0.3 is 10.3 Å². The van der Waals surface area contributed by atoms with Gasteiger partial charge >= 0.3 is 0 Å². The summed E-state index contributed by atoms with van der Waals surface area (Å²) in [5.41, 5.74) is 1.67. The molecule has 1 aromatic carbocycles. The number of rotatable bonds is 4. The number of imidazole rings is 1. The second kappa shape index (κ2) is 5.90. The average Bonchev–Trinajstić information content (AvgIpc) is 3.18. The minimum Gasteiger partial charge on any atom is -0.342 e. The van der Waals surface area contributed by atoms with Gasteiger partial charge in [0.2, 0.25) is 5.91 Å². The minimum atomic E-state index is -0.390. The fraction of sp³-hybridized carbons (Fsp3) is 0.375. The van der Waals surface area contributed by atoms with Crippen molar-refractivity contribution in [2.24, 2.45) is 0 Å². The highest BCUT2D eigenvalue weighted by Crippen LogP contribution is 2.38. The zero-order chi connectivity index (χ0) is 14.7. The summed E-state index contributed by atoms with van der Waals surface area (Å²) in [5, 5.41) is 3.06. The zero-order valence-electron chi connectivity index (χ0n) is 11.7. The van der Waals surface area contributed by atoms with Gasteiger partial charge in [-0.1, -0.05) is 43.2 Å². The second-order valence-corrected chi connectivity index (χ2v) is 5.75. The van der Waals surface area contributed by atoms with Crippen molar-refractivity contribution in [1.82, 2.24) is 15.3 Å². The Morgan fingerprint density at radius 2 is 2.00 bits per heavy atom. The monoisotopic (exact) mass is 303 g/mol. The van der Waals surface area contributed by atoms with E-state index in [1.54, 1.807) is 0 Å². The van der Waals surface area contributed by atoms with Gasteiger partial charge in [-0.2, -0.15) is 0 Å². The number of carbonyl (C=O) groups is 1. The highest BCUT2D eigenvalue weighted by Gasteiger charge is 2.39. The lowest BCUT2D eigenvalue weighted by Crippen LogP contribution is -2.45.